The van der Waals surface area contributed by atoms with Crippen molar-refractivity contribution in [3.8, 4) is 0 Å². The Morgan fingerprint density at radius 1 is 0.973 bits per heavy atom. The topological polar surface area (TPSA) is 56.4 Å². The summed E-state index contributed by atoms with van der Waals surface area (Å²) in [6, 6.07) is 6.15. The van der Waals surface area contributed by atoms with Gasteiger partial charge in [0.15, 0.2) is 0 Å². The minimum absolute atomic E-state index is 0.00728. The quantitative estimate of drug-likeness (QED) is 0.450. The number of nitrogens with one attached hydrogen (secondary N) is 1. The van der Waals surface area contributed by atoms with Crippen molar-refractivity contribution in [2.45, 2.75) is 38.7 Å². The molecule has 2 aromatic carbocycles. The van der Waals surface area contributed by atoms with E-state index in [0.29, 0.717) is 18.6 Å². The minimum Gasteiger partial charge on any atom is -0.361 e. The van der Waals surface area contributed by atoms with Crippen LogP contribution in [0.5, 0.6) is 0 Å². The Hall–Kier alpha value is -3.34. The molecule has 0 spiro atoms. The molecular formula is C26H25F6N3O2. The molecule has 1 aliphatic rings. The van der Waals surface area contributed by atoms with Crippen LogP contribution in [0.1, 0.15) is 39.5 Å². The number of fused-ring (bicyclic) bond motifs is 1. The number of rotatable bonds is 5. The number of halogens is 6. The van der Waals surface area contributed by atoms with E-state index >= 15 is 0 Å². The molecule has 0 bridgehead atoms. The average Bonchev–Trinajstić information content (AvgIpc) is 3.18. The molecule has 37 heavy (non-hydrogen) atoms. The first-order valence-corrected chi connectivity index (χ1v) is 11.6. The van der Waals surface area contributed by atoms with Crippen molar-refractivity contribution < 1.29 is 35.9 Å². The standard InChI is InChI=1S/C26H25F6N3O2/c1-15-3-4-23-22(7-15)18(12-33-23)10-21-14-34(13-16(2)36)5-6-35(21)24(37)17-8-19(25(27,28)29)11-20(9-17)26(30,31)32/h3-4,7-9,11-12,21,33H,5-6,10,13-14H2,1-2H3. The molecule has 1 atom stereocenters. The third-order valence-electron chi connectivity index (χ3n) is 6.49. The van der Waals surface area contributed by atoms with Crippen LogP contribution in [-0.4, -0.2) is 58.7 Å². The highest BCUT2D eigenvalue weighted by molar-refractivity contribution is 5.95. The summed E-state index contributed by atoms with van der Waals surface area (Å²) in [5.41, 5.74) is -1.03. The van der Waals surface area contributed by atoms with Gasteiger partial charge in [0.25, 0.3) is 5.91 Å². The number of aromatic amines is 1. The van der Waals surface area contributed by atoms with Crippen LogP contribution in [0, 0.1) is 6.92 Å². The van der Waals surface area contributed by atoms with E-state index in [1.54, 1.807) is 6.20 Å². The number of piperazine rings is 1. The van der Waals surface area contributed by atoms with Gasteiger partial charge >= 0.3 is 12.4 Å². The SMILES string of the molecule is CC(=O)CN1CCN(C(=O)c2cc(C(F)(F)F)cc(C(F)(F)F)c2)C(Cc2c[nH]c3ccc(C)cc23)C1. The minimum atomic E-state index is -5.06. The van der Waals surface area contributed by atoms with Crippen molar-refractivity contribution in [2.75, 3.05) is 26.2 Å². The fourth-order valence-corrected chi connectivity index (χ4v) is 4.78. The van der Waals surface area contributed by atoms with Gasteiger partial charge in [-0.2, -0.15) is 26.3 Å². The van der Waals surface area contributed by atoms with E-state index in [9.17, 15) is 35.9 Å². The number of nitrogens with zero attached hydrogens (tertiary/aromatic N) is 2. The maximum Gasteiger partial charge on any atom is 0.416 e. The number of hydrogen-bond acceptors (Lipinski definition) is 3. The number of benzene rings is 2. The second-order valence-electron chi connectivity index (χ2n) is 9.45. The first-order chi connectivity index (χ1) is 17.2. The molecule has 5 nitrogen and oxygen atoms in total. The molecule has 1 N–H and O–H groups in total. The van der Waals surface area contributed by atoms with E-state index in [1.807, 2.05) is 30.0 Å². The summed E-state index contributed by atoms with van der Waals surface area (Å²) in [6.07, 6.45) is -8.03. The van der Waals surface area contributed by atoms with Crippen LogP contribution in [0.4, 0.5) is 26.3 Å². The number of carbonyl (C=O) groups is 2. The van der Waals surface area contributed by atoms with Crippen molar-refractivity contribution in [3.63, 3.8) is 0 Å². The molecule has 2 heterocycles. The molecule has 198 valence electrons. The number of ketones is 1. The van der Waals surface area contributed by atoms with Crippen LogP contribution in [0.25, 0.3) is 10.9 Å². The molecular weight excluding hydrogens is 500 g/mol. The summed E-state index contributed by atoms with van der Waals surface area (Å²) < 4.78 is 80.3. The first kappa shape index (κ1) is 26.7. The summed E-state index contributed by atoms with van der Waals surface area (Å²) in [5.74, 6) is -1.01. The lowest BCUT2D eigenvalue weighted by atomic mass is 9.98. The molecule has 1 fully saturated rings. The van der Waals surface area contributed by atoms with Crippen LogP contribution in [0.2, 0.25) is 0 Å². The van der Waals surface area contributed by atoms with Gasteiger partial charge in [0, 0.05) is 48.3 Å². The lowest BCUT2D eigenvalue weighted by Crippen LogP contribution is -2.56. The summed E-state index contributed by atoms with van der Waals surface area (Å²) in [4.78, 5) is 31.5. The van der Waals surface area contributed by atoms with Crippen LogP contribution < -0.4 is 0 Å². The Morgan fingerprint density at radius 3 is 2.22 bits per heavy atom. The van der Waals surface area contributed by atoms with E-state index < -0.39 is 41.0 Å². The fraction of sp³-hybridized carbons (Fsp3) is 0.385. The Morgan fingerprint density at radius 2 is 1.62 bits per heavy atom. The number of hydrogen-bond donors (Lipinski definition) is 1. The van der Waals surface area contributed by atoms with Crippen molar-refractivity contribution >= 4 is 22.6 Å². The van der Waals surface area contributed by atoms with E-state index in [-0.39, 0.29) is 38.0 Å². The van der Waals surface area contributed by atoms with Crippen LogP contribution >= 0.6 is 0 Å². The van der Waals surface area contributed by atoms with Gasteiger partial charge in [-0.05, 0) is 56.2 Å². The predicted molar refractivity (Wildman–Crippen MR) is 125 cm³/mol. The Balaban J connectivity index is 1.71. The summed E-state index contributed by atoms with van der Waals surface area (Å²) in [7, 11) is 0. The van der Waals surface area contributed by atoms with Crippen LogP contribution in [-0.2, 0) is 23.6 Å². The lowest BCUT2D eigenvalue weighted by Gasteiger charge is -2.41. The zero-order chi connectivity index (χ0) is 27.1. The maximum atomic E-state index is 13.4. The van der Waals surface area contributed by atoms with Gasteiger partial charge in [0.2, 0.25) is 0 Å². The zero-order valence-corrected chi connectivity index (χ0v) is 20.1. The van der Waals surface area contributed by atoms with E-state index in [4.69, 9.17) is 0 Å². The van der Waals surface area contributed by atoms with Gasteiger partial charge in [-0.25, -0.2) is 0 Å². The van der Waals surface area contributed by atoms with Crippen molar-refractivity contribution in [1.29, 1.82) is 0 Å². The Kier molecular flexibility index (Phi) is 7.11. The van der Waals surface area contributed by atoms with E-state index in [2.05, 4.69) is 4.98 Å². The van der Waals surface area contributed by atoms with Gasteiger partial charge < -0.3 is 9.88 Å². The van der Waals surface area contributed by atoms with Crippen molar-refractivity contribution in [3.05, 3.63) is 70.4 Å². The normalized spacial score (nSPS) is 17.4. The Labute approximate surface area is 209 Å². The molecule has 1 amide bonds. The van der Waals surface area contributed by atoms with Crippen LogP contribution in [0.15, 0.2) is 42.6 Å². The summed E-state index contributed by atoms with van der Waals surface area (Å²) in [6.45, 7) is 4.04. The predicted octanol–water partition coefficient (Wildman–Crippen LogP) is 5.47. The highest BCUT2D eigenvalue weighted by atomic mass is 19.4. The third-order valence-corrected chi connectivity index (χ3v) is 6.49. The second-order valence-corrected chi connectivity index (χ2v) is 9.45. The third kappa shape index (κ3) is 5.98. The highest BCUT2D eigenvalue weighted by Gasteiger charge is 2.39. The number of Topliss-reactive ketones (excluding diaryl/α,β-unsaturated/α-hetero) is 1. The summed E-state index contributed by atoms with van der Waals surface area (Å²) in [5, 5.41) is 0.912. The number of aromatic nitrogens is 1. The monoisotopic (exact) mass is 525 g/mol. The average molecular weight is 525 g/mol. The number of alkyl halides is 6. The van der Waals surface area contributed by atoms with Crippen LogP contribution in [0.3, 0.4) is 0 Å². The number of amides is 1. The smallest absolute Gasteiger partial charge is 0.361 e. The molecule has 0 saturated carbocycles. The van der Waals surface area contributed by atoms with Gasteiger partial charge in [0.05, 0.1) is 17.7 Å². The number of aryl methyl sites for hydroxylation is 1. The molecule has 1 aliphatic heterocycles. The van der Waals surface area contributed by atoms with Gasteiger partial charge in [-0.15, -0.1) is 0 Å². The molecule has 1 saturated heterocycles. The largest absolute Gasteiger partial charge is 0.416 e. The van der Waals surface area contributed by atoms with E-state index in [1.165, 1.54) is 11.8 Å². The fourth-order valence-electron chi connectivity index (χ4n) is 4.78. The highest BCUT2D eigenvalue weighted by Crippen LogP contribution is 2.37. The van der Waals surface area contributed by atoms with Gasteiger partial charge in [-0.3, -0.25) is 14.5 Å². The molecule has 4 rings (SSSR count). The van der Waals surface area contributed by atoms with Crippen molar-refractivity contribution in [2.24, 2.45) is 0 Å². The zero-order valence-electron chi connectivity index (χ0n) is 20.1. The molecule has 1 aromatic heterocycles. The lowest BCUT2D eigenvalue weighted by molar-refractivity contribution is -0.143. The second kappa shape index (κ2) is 9.85. The van der Waals surface area contributed by atoms with E-state index in [0.717, 1.165) is 22.0 Å². The molecule has 3 aromatic rings. The first-order valence-electron chi connectivity index (χ1n) is 11.6. The maximum absolute atomic E-state index is 13.4. The molecule has 1 unspecified atom stereocenters. The van der Waals surface area contributed by atoms with Gasteiger partial charge in [0.1, 0.15) is 5.78 Å². The van der Waals surface area contributed by atoms with Gasteiger partial charge in [-0.1, -0.05) is 11.6 Å². The Bertz CT molecular complexity index is 1300. The molecule has 0 aliphatic carbocycles. The molecule has 11 heteroatoms. The van der Waals surface area contributed by atoms with Crippen molar-refractivity contribution in [1.82, 2.24) is 14.8 Å². The summed E-state index contributed by atoms with van der Waals surface area (Å²) >= 11 is 0. The number of carbonyl (C=O) groups excluding carboxylic acids is 2. The molecule has 0 radical (unpaired) electrons. The number of H-pyrrole nitrogens is 1.